The normalized spacial score (nSPS) is 10.9. The maximum Gasteiger partial charge on any atom is 0.314 e. The van der Waals surface area contributed by atoms with Gasteiger partial charge < -0.3 is 15.0 Å². The highest BCUT2D eigenvalue weighted by Gasteiger charge is 2.28. The first-order valence-electron chi connectivity index (χ1n) is 2.34. The molecule has 0 fully saturated rings. The first-order valence-corrected chi connectivity index (χ1v) is 2.34. The van der Waals surface area contributed by atoms with E-state index >= 15 is 0 Å². The molecule has 0 aliphatic carbocycles. The van der Waals surface area contributed by atoms with E-state index < -0.39 is 17.4 Å². The summed E-state index contributed by atoms with van der Waals surface area (Å²) in [5.41, 5.74) is -1.78. The quantitative estimate of drug-likeness (QED) is 0.480. The summed E-state index contributed by atoms with van der Waals surface area (Å²) in [7, 11) is 0. The van der Waals surface area contributed by atoms with Gasteiger partial charge in [-0.2, -0.15) is 0 Å². The molecule has 0 bridgehead atoms. The minimum atomic E-state index is -1.78. The highest BCUT2D eigenvalue weighted by atomic mass is 16.4. The van der Waals surface area contributed by atoms with Gasteiger partial charge in [0.25, 0.3) is 0 Å². The lowest BCUT2D eigenvalue weighted by atomic mass is 9.95. The zero-order chi connectivity index (χ0) is 7.65. The molecule has 0 saturated carbocycles. The third-order valence-electron chi connectivity index (χ3n) is 1.04. The van der Waals surface area contributed by atoms with Gasteiger partial charge in [-0.3, -0.25) is 4.79 Å². The number of hydrogen-bond donors (Lipinski definition) is 1. The van der Waals surface area contributed by atoms with Crippen molar-refractivity contribution in [1.82, 2.24) is 0 Å². The highest BCUT2D eigenvalue weighted by molar-refractivity contribution is 5.96. The Hall–Kier alpha value is -1.06. The van der Waals surface area contributed by atoms with Gasteiger partial charge in [0.15, 0.2) is 0 Å². The molecular formula is C5H7O4-. The third-order valence-corrected chi connectivity index (χ3v) is 1.04. The number of carboxylic acids is 2. The summed E-state index contributed by atoms with van der Waals surface area (Å²) < 4.78 is 0. The van der Waals surface area contributed by atoms with Crippen LogP contribution in [0.5, 0.6) is 0 Å². The average molecular weight is 131 g/mol. The topological polar surface area (TPSA) is 77.4 Å². The standard InChI is InChI=1S/C5H8O4/c1-5(2,3(6)7)4(8)9/h1-2H3,(H,6,7)(H,8,9)/p-1. The van der Waals surface area contributed by atoms with Crippen LogP contribution in [-0.2, 0) is 9.59 Å². The minimum absolute atomic E-state index is 1.07. The van der Waals surface area contributed by atoms with Gasteiger partial charge in [-0.05, 0) is 13.8 Å². The fourth-order valence-corrected chi connectivity index (χ4v) is 0.0873. The smallest absolute Gasteiger partial charge is 0.314 e. The molecule has 0 amide bonds. The summed E-state index contributed by atoms with van der Waals surface area (Å²) >= 11 is 0. The van der Waals surface area contributed by atoms with E-state index in [2.05, 4.69) is 0 Å². The number of carboxylic acid groups (broad SMARTS) is 2. The molecule has 9 heavy (non-hydrogen) atoms. The molecule has 0 aliphatic heterocycles. The molecule has 0 spiro atoms. The fourth-order valence-electron chi connectivity index (χ4n) is 0.0873. The monoisotopic (exact) mass is 131 g/mol. The summed E-state index contributed by atoms with van der Waals surface area (Å²) in [6.45, 7) is 2.15. The van der Waals surface area contributed by atoms with Gasteiger partial charge in [-0.15, -0.1) is 0 Å². The van der Waals surface area contributed by atoms with Gasteiger partial charge in [0, 0.05) is 0 Å². The van der Waals surface area contributed by atoms with Gasteiger partial charge in [0.1, 0.15) is 5.41 Å². The van der Waals surface area contributed by atoms with Crippen LogP contribution >= 0.6 is 0 Å². The number of rotatable bonds is 2. The van der Waals surface area contributed by atoms with Gasteiger partial charge >= 0.3 is 5.97 Å². The predicted octanol–water partition coefficient (Wildman–Crippen LogP) is -1.15. The zero-order valence-electron chi connectivity index (χ0n) is 5.17. The molecule has 0 aromatic carbocycles. The van der Waals surface area contributed by atoms with E-state index in [1.54, 1.807) is 0 Å². The van der Waals surface area contributed by atoms with Crippen LogP contribution in [0.1, 0.15) is 13.8 Å². The van der Waals surface area contributed by atoms with Crippen molar-refractivity contribution >= 4 is 11.9 Å². The molecule has 0 heterocycles. The van der Waals surface area contributed by atoms with E-state index in [1.807, 2.05) is 0 Å². The van der Waals surface area contributed by atoms with Crippen LogP contribution in [-0.4, -0.2) is 17.0 Å². The molecule has 1 N–H and O–H groups in total. The van der Waals surface area contributed by atoms with Crippen molar-refractivity contribution in [3.63, 3.8) is 0 Å². The van der Waals surface area contributed by atoms with E-state index in [0.717, 1.165) is 13.8 Å². The maximum absolute atomic E-state index is 10.0. The van der Waals surface area contributed by atoms with E-state index in [0.29, 0.717) is 0 Å². The molecule has 0 saturated heterocycles. The summed E-state index contributed by atoms with van der Waals surface area (Å²) in [6.07, 6.45) is 0. The largest absolute Gasteiger partial charge is 0.549 e. The van der Waals surface area contributed by atoms with Crippen LogP contribution in [0.3, 0.4) is 0 Å². The Morgan fingerprint density at radius 1 is 1.44 bits per heavy atom. The molecule has 0 aliphatic rings. The van der Waals surface area contributed by atoms with Crippen LogP contribution in [0.4, 0.5) is 0 Å². The Balaban J connectivity index is 4.38. The van der Waals surface area contributed by atoms with Crippen molar-refractivity contribution in [1.29, 1.82) is 0 Å². The average Bonchev–Trinajstić information content (AvgIpc) is 1.65. The summed E-state index contributed by atoms with van der Waals surface area (Å²) in [6, 6.07) is 0. The van der Waals surface area contributed by atoms with Crippen molar-refractivity contribution in [3.8, 4) is 0 Å². The Bertz CT molecular complexity index is 131. The minimum Gasteiger partial charge on any atom is -0.549 e. The van der Waals surface area contributed by atoms with Gasteiger partial charge in [-0.1, -0.05) is 0 Å². The van der Waals surface area contributed by atoms with Gasteiger partial charge in [-0.25, -0.2) is 0 Å². The molecule has 52 valence electrons. The SMILES string of the molecule is CC(C)(C(=O)[O-])C(=O)O. The van der Waals surface area contributed by atoms with Crippen LogP contribution < -0.4 is 5.11 Å². The Labute approximate surface area is 52.1 Å². The lowest BCUT2D eigenvalue weighted by Gasteiger charge is -2.19. The Kier molecular flexibility index (Phi) is 1.80. The van der Waals surface area contributed by atoms with E-state index in [9.17, 15) is 14.7 Å². The fraction of sp³-hybridized carbons (Fsp3) is 0.600. The zero-order valence-corrected chi connectivity index (χ0v) is 5.17. The van der Waals surface area contributed by atoms with Crippen LogP contribution in [0.2, 0.25) is 0 Å². The molecule has 4 heteroatoms. The third kappa shape index (κ3) is 1.42. The van der Waals surface area contributed by atoms with E-state index in [4.69, 9.17) is 5.11 Å². The lowest BCUT2D eigenvalue weighted by molar-refractivity contribution is -0.316. The number of carbonyl (C=O) groups is 2. The molecular weight excluding hydrogens is 124 g/mol. The molecule has 0 radical (unpaired) electrons. The van der Waals surface area contributed by atoms with E-state index in [-0.39, 0.29) is 0 Å². The summed E-state index contributed by atoms with van der Waals surface area (Å²) in [4.78, 5) is 20.0. The molecule has 0 aromatic rings. The van der Waals surface area contributed by atoms with Crippen molar-refractivity contribution in [2.45, 2.75) is 13.8 Å². The first-order chi connectivity index (χ1) is 3.89. The molecule has 0 aromatic heterocycles. The van der Waals surface area contributed by atoms with Crippen molar-refractivity contribution in [2.24, 2.45) is 5.41 Å². The second kappa shape index (κ2) is 2.05. The maximum atomic E-state index is 10.0. The van der Waals surface area contributed by atoms with Crippen LogP contribution in [0.15, 0.2) is 0 Å². The Morgan fingerprint density at radius 2 is 1.78 bits per heavy atom. The first kappa shape index (κ1) is 7.94. The molecule has 0 atom stereocenters. The van der Waals surface area contributed by atoms with Crippen LogP contribution in [0, 0.1) is 5.41 Å². The number of hydrogen-bond acceptors (Lipinski definition) is 3. The molecule has 0 unspecified atom stereocenters. The predicted molar refractivity (Wildman–Crippen MR) is 26.4 cm³/mol. The van der Waals surface area contributed by atoms with Gasteiger partial charge in [0.2, 0.25) is 0 Å². The Morgan fingerprint density at radius 3 is 1.78 bits per heavy atom. The van der Waals surface area contributed by atoms with Crippen molar-refractivity contribution in [2.75, 3.05) is 0 Å². The van der Waals surface area contributed by atoms with Crippen molar-refractivity contribution in [3.05, 3.63) is 0 Å². The van der Waals surface area contributed by atoms with Crippen LogP contribution in [0.25, 0.3) is 0 Å². The highest BCUT2D eigenvalue weighted by Crippen LogP contribution is 2.12. The van der Waals surface area contributed by atoms with Gasteiger partial charge in [0.05, 0.1) is 5.97 Å². The van der Waals surface area contributed by atoms with Crippen molar-refractivity contribution < 1.29 is 19.8 Å². The second-order valence-electron chi connectivity index (χ2n) is 2.22. The summed E-state index contributed by atoms with van der Waals surface area (Å²) in [5.74, 6) is -2.96. The lowest BCUT2D eigenvalue weighted by Crippen LogP contribution is -2.43. The number of carbonyl (C=O) groups excluding carboxylic acids is 1. The molecule has 0 rings (SSSR count). The summed E-state index contributed by atoms with van der Waals surface area (Å²) in [5, 5.41) is 18.2. The van der Waals surface area contributed by atoms with E-state index in [1.165, 1.54) is 0 Å². The molecule has 4 nitrogen and oxygen atoms in total. The second-order valence-corrected chi connectivity index (χ2v) is 2.22. The number of aliphatic carboxylic acids is 2.